The Labute approximate surface area is 284 Å². The normalized spacial score (nSPS) is 15.7. The van der Waals surface area contributed by atoms with Crippen molar-refractivity contribution in [2.24, 2.45) is 4.99 Å². The molecule has 0 saturated heterocycles. The summed E-state index contributed by atoms with van der Waals surface area (Å²) in [4.78, 5) is 30.3. The van der Waals surface area contributed by atoms with Gasteiger partial charge in [0.2, 0.25) is 0 Å². The lowest BCUT2D eigenvalue weighted by molar-refractivity contribution is 0.0419. The molecule has 11 heteroatoms. The maximum atomic E-state index is 13.3. The minimum absolute atomic E-state index is 0.211. The molecule has 2 aromatic carbocycles. The number of amides is 2. The number of ether oxygens (including phenoxy) is 3. The molecular formula is C36H39Cl2N3O6. The largest absolute Gasteiger partial charge is 0.495 e. The van der Waals surface area contributed by atoms with Gasteiger partial charge >= 0.3 is 12.0 Å². The number of nitrogens with zero attached hydrogens (tertiary/aromatic N) is 2. The molecule has 0 spiro atoms. The van der Waals surface area contributed by atoms with Crippen LogP contribution in [0.25, 0.3) is 16.7 Å². The minimum Gasteiger partial charge on any atom is -0.495 e. The van der Waals surface area contributed by atoms with Gasteiger partial charge in [-0.05, 0) is 61.8 Å². The van der Waals surface area contributed by atoms with E-state index in [4.69, 9.17) is 41.9 Å². The number of halogens is 2. The summed E-state index contributed by atoms with van der Waals surface area (Å²) in [5, 5.41) is 8.47. The quantitative estimate of drug-likeness (QED) is 0.141. The van der Waals surface area contributed by atoms with Crippen LogP contribution in [-0.2, 0) is 16.1 Å². The van der Waals surface area contributed by atoms with Gasteiger partial charge in [0.15, 0.2) is 0 Å². The van der Waals surface area contributed by atoms with Crippen molar-refractivity contribution in [1.82, 2.24) is 5.16 Å². The maximum absolute atomic E-state index is 13.3. The maximum Gasteiger partial charge on any atom is 0.345 e. The predicted octanol–water partition coefficient (Wildman–Crippen LogP) is 9.65. The van der Waals surface area contributed by atoms with Crippen molar-refractivity contribution < 1.29 is 28.3 Å². The van der Waals surface area contributed by atoms with Gasteiger partial charge in [-0.3, -0.25) is 0 Å². The molecule has 1 atom stereocenters. The number of methoxy groups -OCH3 is 2. The van der Waals surface area contributed by atoms with E-state index in [2.05, 4.69) is 15.5 Å². The van der Waals surface area contributed by atoms with Crippen LogP contribution in [0.5, 0.6) is 5.75 Å². The molecule has 1 fully saturated rings. The van der Waals surface area contributed by atoms with Crippen molar-refractivity contribution in [1.29, 1.82) is 0 Å². The lowest BCUT2D eigenvalue weighted by atomic mass is 9.98. The van der Waals surface area contributed by atoms with E-state index in [1.807, 2.05) is 50.3 Å². The molecule has 1 unspecified atom stereocenters. The van der Waals surface area contributed by atoms with Crippen molar-refractivity contribution in [3.8, 4) is 16.9 Å². The van der Waals surface area contributed by atoms with Gasteiger partial charge in [-0.1, -0.05) is 78.6 Å². The smallest absolute Gasteiger partial charge is 0.345 e. The number of urea groups is 1. The first-order valence-corrected chi connectivity index (χ1v) is 16.6. The van der Waals surface area contributed by atoms with E-state index in [0.717, 1.165) is 36.1 Å². The van der Waals surface area contributed by atoms with E-state index in [9.17, 15) is 9.59 Å². The van der Waals surface area contributed by atoms with E-state index in [1.165, 1.54) is 14.2 Å². The van der Waals surface area contributed by atoms with Gasteiger partial charge < -0.3 is 24.1 Å². The molecule has 1 saturated carbocycles. The van der Waals surface area contributed by atoms with Crippen LogP contribution in [0.4, 0.5) is 10.5 Å². The molecule has 1 aromatic heterocycles. The van der Waals surface area contributed by atoms with Gasteiger partial charge in [0, 0.05) is 39.3 Å². The number of aromatic nitrogens is 1. The van der Waals surface area contributed by atoms with Crippen molar-refractivity contribution >= 4 is 52.2 Å². The summed E-state index contributed by atoms with van der Waals surface area (Å²) in [6.07, 6.45) is 7.01. The number of carbonyl (C=O) groups is 2. The van der Waals surface area contributed by atoms with Gasteiger partial charge in [0.1, 0.15) is 17.2 Å². The number of allylic oxidation sites excluding steroid dienone is 4. The topological polar surface area (TPSA) is 112 Å². The number of rotatable bonds is 13. The molecule has 5 rings (SSSR count). The van der Waals surface area contributed by atoms with Gasteiger partial charge in [-0.15, -0.1) is 0 Å². The van der Waals surface area contributed by atoms with E-state index < -0.39 is 12.0 Å². The first kappa shape index (κ1) is 34.4. The summed E-state index contributed by atoms with van der Waals surface area (Å²) in [6, 6.07) is 12.1. The summed E-state index contributed by atoms with van der Waals surface area (Å²) >= 11 is 13.2. The minimum atomic E-state index is -0.558. The van der Waals surface area contributed by atoms with Crippen LogP contribution >= 0.6 is 23.2 Å². The van der Waals surface area contributed by atoms with Crippen LogP contribution in [0.15, 0.2) is 68.1 Å². The predicted molar refractivity (Wildman–Crippen MR) is 184 cm³/mol. The SMILES string of the molecule is CCC(CC(CC)OCc1c(C2=C(Cl)CCC=C2Cl)noc1C1CC1)=NC(=O)Nc1cc(-c2ccccc2)c(C(=O)OC)cc1OC. The van der Waals surface area contributed by atoms with E-state index in [0.29, 0.717) is 81.2 Å². The molecule has 47 heavy (non-hydrogen) atoms. The summed E-state index contributed by atoms with van der Waals surface area (Å²) in [6.45, 7) is 4.26. The number of anilines is 1. The third-order valence-corrected chi connectivity index (χ3v) is 9.04. The molecule has 1 heterocycles. The van der Waals surface area contributed by atoms with Crippen LogP contribution in [0.1, 0.15) is 92.1 Å². The molecule has 9 nitrogen and oxygen atoms in total. The van der Waals surface area contributed by atoms with Gasteiger partial charge in [-0.25, -0.2) is 14.6 Å². The molecule has 2 aliphatic rings. The number of benzene rings is 2. The first-order valence-electron chi connectivity index (χ1n) is 15.9. The molecule has 3 aromatic rings. The highest BCUT2D eigenvalue weighted by atomic mass is 35.5. The third-order valence-electron chi connectivity index (χ3n) is 8.32. The number of hydrogen-bond acceptors (Lipinski definition) is 7. The monoisotopic (exact) mass is 679 g/mol. The highest BCUT2D eigenvalue weighted by Crippen LogP contribution is 2.46. The second kappa shape index (κ2) is 15.8. The Balaban J connectivity index is 1.33. The molecular weight excluding hydrogens is 641 g/mol. The van der Waals surface area contributed by atoms with Crippen LogP contribution in [-0.4, -0.2) is 43.2 Å². The Morgan fingerprint density at radius 3 is 2.53 bits per heavy atom. The molecule has 1 N–H and O–H groups in total. The van der Waals surface area contributed by atoms with Gasteiger partial charge in [0.05, 0.1) is 38.2 Å². The number of nitrogens with one attached hydrogen (secondary N) is 1. The van der Waals surface area contributed by atoms with Crippen LogP contribution < -0.4 is 10.1 Å². The molecule has 0 radical (unpaired) electrons. The Morgan fingerprint density at radius 1 is 1.13 bits per heavy atom. The average Bonchev–Trinajstić information content (AvgIpc) is 3.85. The number of esters is 1. The molecule has 2 amide bonds. The zero-order chi connectivity index (χ0) is 33.5. The second-order valence-electron chi connectivity index (χ2n) is 11.5. The Hall–Kier alpha value is -3.92. The average molecular weight is 681 g/mol. The van der Waals surface area contributed by atoms with Crippen LogP contribution in [0.3, 0.4) is 0 Å². The van der Waals surface area contributed by atoms with Crippen LogP contribution in [0.2, 0.25) is 0 Å². The number of carbonyl (C=O) groups excluding carboxylic acids is 2. The van der Waals surface area contributed by atoms with Crippen molar-refractivity contribution in [3.63, 3.8) is 0 Å². The summed E-state index contributed by atoms with van der Waals surface area (Å²) in [5.41, 5.74) is 4.97. The summed E-state index contributed by atoms with van der Waals surface area (Å²) < 4.78 is 22.8. The standard InChI is InChI=1S/C36H39Cl2N3O6/c1-5-23(39-36(43)40-30-18-25(21-11-8-7-9-12-21)26(35(42)45-4)19-31(30)44-3)17-24(6-2)46-20-27-33(41-47-34(27)22-15-16-22)32-28(37)13-10-14-29(32)38/h7-9,11-13,18-19,22,24H,5-6,10,14-17,20H2,1-4H3,(H,40,43). The van der Waals surface area contributed by atoms with E-state index in [-0.39, 0.29) is 12.7 Å². The van der Waals surface area contributed by atoms with Crippen molar-refractivity contribution in [2.45, 2.75) is 77.4 Å². The highest BCUT2D eigenvalue weighted by molar-refractivity contribution is 6.42. The zero-order valence-corrected chi connectivity index (χ0v) is 28.5. The van der Waals surface area contributed by atoms with E-state index >= 15 is 0 Å². The lowest BCUT2D eigenvalue weighted by Crippen LogP contribution is -2.19. The molecule has 2 aliphatic carbocycles. The van der Waals surface area contributed by atoms with Crippen molar-refractivity contribution in [3.05, 3.63) is 81.2 Å². The Kier molecular flexibility index (Phi) is 11.6. The van der Waals surface area contributed by atoms with E-state index in [1.54, 1.807) is 12.1 Å². The molecule has 0 aliphatic heterocycles. The highest BCUT2D eigenvalue weighted by Gasteiger charge is 2.34. The Bertz CT molecular complexity index is 1710. The Morgan fingerprint density at radius 2 is 1.89 bits per heavy atom. The summed E-state index contributed by atoms with van der Waals surface area (Å²) in [7, 11) is 2.79. The molecule has 248 valence electrons. The van der Waals surface area contributed by atoms with Gasteiger partial charge in [-0.2, -0.15) is 0 Å². The van der Waals surface area contributed by atoms with Crippen LogP contribution in [0, 0.1) is 0 Å². The summed E-state index contributed by atoms with van der Waals surface area (Å²) in [5.74, 6) is 0.934. The fourth-order valence-electron chi connectivity index (χ4n) is 5.57. The fraction of sp³-hybridized carbons (Fsp3) is 0.389. The van der Waals surface area contributed by atoms with Crippen molar-refractivity contribution in [2.75, 3.05) is 19.5 Å². The fourth-order valence-corrected chi connectivity index (χ4v) is 6.23. The second-order valence-corrected chi connectivity index (χ2v) is 12.3. The third kappa shape index (κ3) is 8.15. The number of hydrogen-bond donors (Lipinski definition) is 1. The van der Waals surface area contributed by atoms with Gasteiger partial charge in [0.25, 0.3) is 0 Å². The zero-order valence-electron chi connectivity index (χ0n) is 27.0. The first-order chi connectivity index (χ1) is 22.8. The number of aliphatic imine (C=N–C) groups is 1. The lowest BCUT2D eigenvalue weighted by Gasteiger charge is -2.19. The molecule has 0 bridgehead atoms.